The molecular weight excluding hydrogens is 363 g/mol. The fourth-order valence-electron chi connectivity index (χ4n) is 2.77. The summed E-state index contributed by atoms with van der Waals surface area (Å²) in [6, 6.07) is 4.84. The lowest BCUT2D eigenvalue weighted by atomic mass is 10.2. The monoisotopic (exact) mass is 380 g/mol. The van der Waals surface area contributed by atoms with Crippen molar-refractivity contribution < 1.29 is 18.7 Å². The van der Waals surface area contributed by atoms with Gasteiger partial charge in [-0.1, -0.05) is 17.7 Å². The lowest BCUT2D eigenvalue weighted by Crippen LogP contribution is -2.36. The number of urea groups is 1. The summed E-state index contributed by atoms with van der Waals surface area (Å²) in [5, 5.41) is 4.18. The van der Waals surface area contributed by atoms with E-state index in [2.05, 4.69) is 5.10 Å². The maximum atomic E-state index is 13.7. The molecule has 0 spiro atoms. The van der Waals surface area contributed by atoms with E-state index in [4.69, 9.17) is 16.3 Å². The topological polar surface area (TPSA) is 67.7 Å². The molecule has 1 unspecified atom stereocenters. The number of benzene rings is 1. The van der Waals surface area contributed by atoms with Gasteiger partial charge in [0.2, 0.25) is 0 Å². The second-order valence-corrected chi connectivity index (χ2v) is 6.25. The minimum absolute atomic E-state index is 0.0275. The Morgan fingerprint density at radius 1 is 1.31 bits per heavy atom. The van der Waals surface area contributed by atoms with Crippen LogP contribution in [0.3, 0.4) is 0 Å². The van der Waals surface area contributed by atoms with Gasteiger partial charge in [0.15, 0.2) is 0 Å². The molecule has 9 heteroatoms. The van der Waals surface area contributed by atoms with E-state index in [1.54, 1.807) is 19.2 Å². The highest BCUT2D eigenvalue weighted by Gasteiger charge is 2.45. The van der Waals surface area contributed by atoms with E-state index in [9.17, 15) is 14.0 Å². The molecule has 3 rings (SSSR count). The molecular formula is C17H18ClFN4O3. The number of nitrogens with zero attached hydrogens (tertiary/aromatic N) is 4. The maximum absolute atomic E-state index is 13.7. The Labute approximate surface area is 154 Å². The van der Waals surface area contributed by atoms with Gasteiger partial charge in [-0.25, -0.2) is 18.8 Å². The van der Waals surface area contributed by atoms with Crippen molar-refractivity contribution in [3.63, 3.8) is 0 Å². The number of amides is 3. The van der Waals surface area contributed by atoms with E-state index in [-0.39, 0.29) is 24.1 Å². The second-order valence-electron chi connectivity index (χ2n) is 5.84. The van der Waals surface area contributed by atoms with Gasteiger partial charge in [-0.05, 0) is 24.6 Å². The van der Waals surface area contributed by atoms with E-state index < -0.39 is 17.9 Å². The fraction of sp³-hybridized carbons (Fsp3) is 0.353. The van der Waals surface area contributed by atoms with Crippen LogP contribution in [0.15, 0.2) is 30.5 Å². The third-order valence-corrected chi connectivity index (χ3v) is 4.49. The van der Waals surface area contributed by atoms with Crippen molar-refractivity contribution >= 4 is 29.4 Å². The molecule has 2 heterocycles. The average molecular weight is 381 g/mol. The van der Waals surface area contributed by atoms with Crippen molar-refractivity contribution in [3.05, 3.63) is 46.9 Å². The van der Waals surface area contributed by atoms with Gasteiger partial charge in [0.05, 0.1) is 24.4 Å². The number of carbonyl (C=O) groups excluding carboxylic acids is 2. The molecule has 0 saturated carbocycles. The molecule has 138 valence electrons. The largest absolute Gasteiger partial charge is 0.379 e. The number of likely N-dealkylation sites (N-methyl/N-ethyl adjacent to an activating group) is 1. The molecule has 1 aromatic heterocycles. The molecule has 0 N–H and O–H groups in total. The van der Waals surface area contributed by atoms with Crippen LogP contribution in [-0.4, -0.2) is 52.9 Å². The zero-order valence-electron chi connectivity index (χ0n) is 14.4. The lowest BCUT2D eigenvalue weighted by molar-refractivity contribution is -0.121. The van der Waals surface area contributed by atoms with Gasteiger partial charge in [0.1, 0.15) is 17.7 Å². The highest BCUT2D eigenvalue weighted by Crippen LogP contribution is 2.25. The highest BCUT2D eigenvalue weighted by atomic mass is 35.5. The molecule has 0 bridgehead atoms. The van der Waals surface area contributed by atoms with Crippen molar-refractivity contribution in [2.45, 2.75) is 19.5 Å². The number of hydrogen-bond acceptors (Lipinski definition) is 4. The molecule has 1 aliphatic heterocycles. The third kappa shape index (κ3) is 3.30. The van der Waals surface area contributed by atoms with Crippen LogP contribution in [0, 0.1) is 5.82 Å². The van der Waals surface area contributed by atoms with Crippen LogP contribution in [0.1, 0.15) is 12.5 Å². The quantitative estimate of drug-likeness (QED) is 0.722. The second kappa shape index (κ2) is 7.43. The lowest BCUT2D eigenvalue weighted by Gasteiger charge is -2.16. The van der Waals surface area contributed by atoms with Crippen molar-refractivity contribution in [1.82, 2.24) is 14.7 Å². The highest BCUT2D eigenvalue weighted by molar-refractivity contribution is 6.30. The van der Waals surface area contributed by atoms with Crippen LogP contribution in [0.2, 0.25) is 5.02 Å². The minimum Gasteiger partial charge on any atom is -0.379 e. The Balaban J connectivity index is 1.86. The molecule has 3 amide bonds. The first-order chi connectivity index (χ1) is 12.4. The van der Waals surface area contributed by atoms with E-state index in [1.165, 1.54) is 27.9 Å². The predicted molar refractivity (Wildman–Crippen MR) is 93.7 cm³/mol. The molecule has 0 aliphatic carbocycles. The van der Waals surface area contributed by atoms with Crippen LogP contribution in [0.4, 0.5) is 15.0 Å². The van der Waals surface area contributed by atoms with Gasteiger partial charge in [-0.15, -0.1) is 0 Å². The van der Waals surface area contributed by atoms with Crippen LogP contribution in [-0.2, 0) is 16.1 Å². The van der Waals surface area contributed by atoms with Gasteiger partial charge in [0.25, 0.3) is 5.91 Å². The van der Waals surface area contributed by atoms with Crippen LogP contribution >= 0.6 is 11.6 Å². The predicted octanol–water partition coefficient (Wildman–Crippen LogP) is 2.53. The molecule has 0 radical (unpaired) electrons. The molecule has 1 saturated heterocycles. The molecule has 1 fully saturated rings. The first kappa shape index (κ1) is 18.3. The fourth-order valence-corrected chi connectivity index (χ4v) is 2.89. The average Bonchev–Trinajstić information content (AvgIpc) is 3.13. The van der Waals surface area contributed by atoms with Crippen molar-refractivity contribution in [2.75, 3.05) is 25.2 Å². The van der Waals surface area contributed by atoms with Crippen molar-refractivity contribution in [1.29, 1.82) is 0 Å². The summed E-state index contributed by atoms with van der Waals surface area (Å²) < 4.78 is 20.4. The van der Waals surface area contributed by atoms with Crippen LogP contribution in [0.25, 0.3) is 0 Å². The SMILES string of the molecule is CCOCC1C(=O)N(c2ccnn2Cc2ccc(Cl)c(F)c2)C(=O)N1C. The number of rotatable bonds is 6. The standard InChI is InChI=1S/C17H18ClFN4O3/c1-3-26-10-14-16(24)23(17(25)21(14)2)15-6-7-20-22(15)9-11-4-5-12(18)13(19)8-11/h4-8,14H,3,9-10H2,1-2H3. The van der Waals surface area contributed by atoms with Crippen LogP contribution in [0.5, 0.6) is 0 Å². The Hall–Kier alpha value is -2.45. The number of imide groups is 1. The number of hydrogen-bond donors (Lipinski definition) is 0. The summed E-state index contributed by atoms with van der Waals surface area (Å²) >= 11 is 5.70. The third-order valence-electron chi connectivity index (χ3n) is 4.19. The van der Waals surface area contributed by atoms with Gasteiger partial charge in [0, 0.05) is 19.7 Å². The zero-order chi connectivity index (χ0) is 18.8. The zero-order valence-corrected chi connectivity index (χ0v) is 15.1. The van der Waals surface area contributed by atoms with Gasteiger partial charge in [-0.2, -0.15) is 5.10 Å². The van der Waals surface area contributed by atoms with Crippen molar-refractivity contribution in [3.8, 4) is 0 Å². The van der Waals surface area contributed by atoms with Gasteiger partial charge in [-0.3, -0.25) is 4.79 Å². The Kier molecular flexibility index (Phi) is 5.24. The number of halogens is 2. The number of anilines is 1. The Morgan fingerprint density at radius 2 is 2.08 bits per heavy atom. The normalized spacial score (nSPS) is 17.5. The summed E-state index contributed by atoms with van der Waals surface area (Å²) in [5.41, 5.74) is 0.607. The smallest absolute Gasteiger partial charge is 0.333 e. The maximum Gasteiger partial charge on any atom is 0.333 e. The number of ether oxygens (including phenoxy) is 1. The number of aromatic nitrogens is 2. The summed E-state index contributed by atoms with van der Waals surface area (Å²) in [5.74, 6) is -0.598. The summed E-state index contributed by atoms with van der Waals surface area (Å²) in [6.07, 6.45) is 1.48. The molecule has 7 nitrogen and oxygen atoms in total. The van der Waals surface area contributed by atoms with Gasteiger partial charge < -0.3 is 9.64 Å². The molecule has 2 aromatic rings. The van der Waals surface area contributed by atoms with E-state index in [1.807, 2.05) is 6.92 Å². The van der Waals surface area contributed by atoms with Gasteiger partial charge >= 0.3 is 6.03 Å². The summed E-state index contributed by atoms with van der Waals surface area (Å²) in [7, 11) is 1.55. The molecule has 1 aromatic carbocycles. The van der Waals surface area contributed by atoms with E-state index in [0.717, 1.165) is 4.90 Å². The number of carbonyl (C=O) groups is 2. The van der Waals surface area contributed by atoms with E-state index in [0.29, 0.717) is 18.0 Å². The minimum atomic E-state index is -0.682. The Morgan fingerprint density at radius 3 is 2.77 bits per heavy atom. The first-order valence-electron chi connectivity index (χ1n) is 8.08. The molecule has 1 aliphatic rings. The Bertz CT molecular complexity index is 841. The van der Waals surface area contributed by atoms with Crippen LogP contribution < -0.4 is 4.90 Å². The first-order valence-corrected chi connectivity index (χ1v) is 8.46. The molecule has 1 atom stereocenters. The molecule has 26 heavy (non-hydrogen) atoms. The van der Waals surface area contributed by atoms with E-state index >= 15 is 0 Å². The summed E-state index contributed by atoms with van der Waals surface area (Å²) in [6.45, 7) is 2.59. The summed E-state index contributed by atoms with van der Waals surface area (Å²) in [4.78, 5) is 27.7. The van der Waals surface area contributed by atoms with Crippen molar-refractivity contribution in [2.24, 2.45) is 0 Å².